The average Bonchev–Trinajstić information content (AvgIpc) is 2.82. The van der Waals surface area contributed by atoms with Crippen molar-refractivity contribution in [3.8, 4) is 17.4 Å². The van der Waals surface area contributed by atoms with Gasteiger partial charge in [0.15, 0.2) is 5.43 Å². The lowest BCUT2D eigenvalue weighted by Crippen LogP contribution is -2.43. The molecule has 2 heterocycles. The molecule has 0 fully saturated rings. The zero-order valence-electron chi connectivity index (χ0n) is 18.5. The molecule has 1 aliphatic heterocycles. The molecule has 2 unspecified atom stereocenters. The first-order valence-corrected chi connectivity index (χ1v) is 10.4. The normalized spacial score (nSPS) is 18.5. The van der Waals surface area contributed by atoms with E-state index in [1.807, 2.05) is 56.3 Å². The van der Waals surface area contributed by atoms with Gasteiger partial charge in [0.2, 0.25) is 5.72 Å². The number of ether oxygens (including phenoxy) is 1. The van der Waals surface area contributed by atoms with E-state index in [1.54, 1.807) is 25.3 Å². The van der Waals surface area contributed by atoms with Crippen molar-refractivity contribution < 1.29 is 9.15 Å². The van der Waals surface area contributed by atoms with Crippen molar-refractivity contribution in [2.24, 2.45) is 0 Å². The summed E-state index contributed by atoms with van der Waals surface area (Å²) in [5, 5.41) is 16.3. The summed E-state index contributed by atoms with van der Waals surface area (Å²) in [5.41, 5.74) is 3.48. The fourth-order valence-electron chi connectivity index (χ4n) is 3.90. The predicted octanol–water partition coefficient (Wildman–Crippen LogP) is 4.59. The molecule has 3 aromatic rings. The van der Waals surface area contributed by atoms with Crippen molar-refractivity contribution in [3.63, 3.8) is 0 Å². The smallest absolute Gasteiger partial charge is 0.248 e. The van der Waals surface area contributed by atoms with E-state index in [0.29, 0.717) is 22.3 Å². The molecule has 2 atom stereocenters. The molecule has 0 saturated heterocycles. The van der Waals surface area contributed by atoms with Gasteiger partial charge in [0.05, 0.1) is 17.1 Å². The number of benzene rings is 2. The van der Waals surface area contributed by atoms with Crippen LogP contribution in [0.2, 0.25) is 0 Å². The summed E-state index contributed by atoms with van der Waals surface area (Å²) < 4.78 is 11.6. The van der Waals surface area contributed by atoms with Crippen LogP contribution < -0.4 is 16.1 Å². The molecule has 0 radical (unpaired) electrons. The Labute approximate surface area is 186 Å². The van der Waals surface area contributed by atoms with Gasteiger partial charge in [-0.2, -0.15) is 5.26 Å². The maximum atomic E-state index is 13.2. The highest BCUT2D eigenvalue weighted by Gasteiger charge is 2.27. The standard InChI is InChI=1S/C26H25N3O3/c1-16-12-21(18(3)29-20-10-11-26(15-27,31-4)28-14-20)25-22(13-16)23(30)17(2)24(32-25)19-8-6-5-7-9-19/h5-14,18,28-29H,1-4H3. The molecule has 2 aromatic carbocycles. The van der Waals surface area contributed by atoms with Gasteiger partial charge in [-0.15, -0.1) is 0 Å². The first kappa shape index (κ1) is 21.4. The number of nitriles is 1. The highest BCUT2D eigenvalue weighted by atomic mass is 16.5. The van der Waals surface area contributed by atoms with Gasteiger partial charge in [0.1, 0.15) is 17.4 Å². The highest BCUT2D eigenvalue weighted by molar-refractivity contribution is 5.84. The second kappa shape index (κ2) is 8.37. The van der Waals surface area contributed by atoms with E-state index in [1.165, 1.54) is 7.11 Å². The molecule has 32 heavy (non-hydrogen) atoms. The van der Waals surface area contributed by atoms with Crippen LogP contribution in [-0.2, 0) is 4.74 Å². The van der Waals surface area contributed by atoms with Crippen molar-refractivity contribution in [2.75, 3.05) is 7.11 Å². The van der Waals surface area contributed by atoms with Crippen molar-refractivity contribution in [1.29, 1.82) is 5.26 Å². The lowest BCUT2D eigenvalue weighted by Gasteiger charge is -2.27. The van der Waals surface area contributed by atoms with E-state index in [0.717, 1.165) is 22.4 Å². The highest BCUT2D eigenvalue weighted by Crippen LogP contribution is 2.31. The summed E-state index contributed by atoms with van der Waals surface area (Å²) in [4.78, 5) is 13.2. The average molecular weight is 428 g/mol. The van der Waals surface area contributed by atoms with Gasteiger partial charge in [0.25, 0.3) is 0 Å². The van der Waals surface area contributed by atoms with E-state index in [-0.39, 0.29) is 11.5 Å². The molecular weight excluding hydrogens is 402 g/mol. The van der Waals surface area contributed by atoms with Gasteiger partial charge in [0, 0.05) is 30.0 Å². The largest absolute Gasteiger partial charge is 0.455 e. The van der Waals surface area contributed by atoms with Crippen molar-refractivity contribution >= 4 is 11.0 Å². The second-order valence-electron chi connectivity index (χ2n) is 7.98. The molecule has 6 nitrogen and oxygen atoms in total. The fourth-order valence-corrected chi connectivity index (χ4v) is 3.90. The summed E-state index contributed by atoms with van der Waals surface area (Å²) in [6, 6.07) is 15.5. The molecule has 6 heteroatoms. The topological polar surface area (TPSA) is 87.3 Å². The van der Waals surface area contributed by atoms with E-state index in [4.69, 9.17) is 9.15 Å². The Kier molecular flexibility index (Phi) is 5.60. The minimum atomic E-state index is -1.17. The fraction of sp³-hybridized carbons (Fsp3) is 0.231. The lowest BCUT2D eigenvalue weighted by molar-refractivity contribution is 0.0613. The van der Waals surface area contributed by atoms with E-state index in [9.17, 15) is 10.1 Å². The van der Waals surface area contributed by atoms with Gasteiger partial charge in [-0.1, -0.05) is 36.4 Å². The van der Waals surface area contributed by atoms with E-state index >= 15 is 0 Å². The Morgan fingerprint density at radius 2 is 1.97 bits per heavy atom. The number of hydrogen-bond donors (Lipinski definition) is 2. The number of nitrogens with zero attached hydrogens (tertiary/aromatic N) is 1. The van der Waals surface area contributed by atoms with Gasteiger partial charge >= 0.3 is 0 Å². The molecule has 0 saturated carbocycles. The van der Waals surface area contributed by atoms with E-state index in [2.05, 4.69) is 16.7 Å². The molecule has 1 aliphatic rings. The van der Waals surface area contributed by atoms with Crippen molar-refractivity contribution in [1.82, 2.24) is 10.6 Å². The van der Waals surface area contributed by atoms with Crippen LogP contribution in [0.25, 0.3) is 22.3 Å². The van der Waals surface area contributed by atoms with Gasteiger partial charge in [-0.3, -0.25) is 4.79 Å². The molecule has 0 spiro atoms. The van der Waals surface area contributed by atoms with Gasteiger partial charge in [-0.25, -0.2) is 0 Å². The van der Waals surface area contributed by atoms with Gasteiger partial charge < -0.3 is 19.8 Å². The summed E-state index contributed by atoms with van der Waals surface area (Å²) in [5.74, 6) is 0.581. The quantitative estimate of drug-likeness (QED) is 0.619. The number of hydrogen-bond acceptors (Lipinski definition) is 6. The third kappa shape index (κ3) is 3.79. The summed E-state index contributed by atoms with van der Waals surface area (Å²) >= 11 is 0. The van der Waals surface area contributed by atoms with Crippen LogP contribution in [0.5, 0.6) is 0 Å². The van der Waals surface area contributed by atoms with Crippen LogP contribution in [-0.4, -0.2) is 12.8 Å². The third-order valence-corrected chi connectivity index (χ3v) is 5.71. The van der Waals surface area contributed by atoms with Crippen molar-refractivity contribution in [3.05, 3.63) is 93.4 Å². The second-order valence-corrected chi connectivity index (χ2v) is 7.98. The Balaban J connectivity index is 1.77. The first-order valence-electron chi connectivity index (χ1n) is 10.4. The summed E-state index contributed by atoms with van der Waals surface area (Å²) in [7, 11) is 1.47. The lowest BCUT2D eigenvalue weighted by atomic mass is 9.98. The van der Waals surface area contributed by atoms with Crippen LogP contribution >= 0.6 is 0 Å². The Morgan fingerprint density at radius 3 is 2.59 bits per heavy atom. The molecule has 0 amide bonds. The molecule has 0 bridgehead atoms. The summed E-state index contributed by atoms with van der Waals surface area (Å²) in [6.07, 6.45) is 5.16. The monoisotopic (exact) mass is 427 g/mol. The van der Waals surface area contributed by atoms with Gasteiger partial charge in [-0.05, 0) is 44.6 Å². The molecule has 0 aliphatic carbocycles. The third-order valence-electron chi connectivity index (χ3n) is 5.71. The number of allylic oxidation sites excluding steroid dienone is 1. The Bertz CT molecular complexity index is 1330. The molecular formula is C26H25N3O3. The molecule has 2 N–H and O–H groups in total. The van der Waals surface area contributed by atoms with Crippen LogP contribution in [0.3, 0.4) is 0 Å². The number of nitrogens with one attached hydrogen (secondary N) is 2. The number of rotatable bonds is 5. The number of aryl methyl sites for hydroxylation is 1. The zero-order valence-corrected chi connectivity index (χ0v) is 18.5. The Hall–Kier alpha value is -3.82. The number of methoxy groups -OCH3 is 1. The molecule has 1 aromatic heterocycles. The van der Waals surface area contributed by atoms with Crippen molar-refractivity contribution in [2.45, 2.75) is 32.5 Å². The van der Waals surface area contributed by atoms with E-state index < -0.39 is 5.72 Å². The number of fused-ring (bicyclic) bond motifs is 1. The SMILES string of the molecule is COC1(C#N)C=CC(NC(C)c2cc(C)cc3c(=O)c(C)c(-c4ccccc4)oc23)=CN1. The minimum Gasteiger partial charge on any atom is -0.455 e. The van der Waals surface area contributed by atoms with Crippen LogP contribution in [0.1, 0.15) is 29.7 Å². The predicted molar refractivity (Wildman–Crippen MR) is 125 cm³/mol. The molecule has 4 rings (SSSR count). The van der Waals surface area contributed by atoms with Crippen LogP contribution in [0.4, 0.5) is 0 Å². The first-order chi connectivity index (χ1) is 15.4. The van der Waals surface area contributed by atoms with Crippen LogP contribution in [0, 0.1) is 25.2 Å². The maximum absolute atomic E-state index is 13.2. The molecule has 162 valence electrons. The maximum Gasteiger partial charge on any atom is 0.248 e. The minimum absolute atomic E-state index is 0.0282. The van der Waals surface area contributed by atoms with Crippen LogP contribution in [0.15, 0.2) is 75.7 Å². The number of dihydropyridines is 1. The Morgan fingerprint density at radius 1 is 1.22 bits per heavy atom. The zero-order chi connectivity index (χ0) is 22.9. The summed E-state index contributed by atoms with van der Waals surface area (Å²) in [6.45, 7) is 5.78.